The summed E-state index contributed by atoms with van der Waals surface area (Å²) in [6.07, 6.45) is 2.64. The van der Waals surface area contributed by atoms with Gasteiger partial charge in [0.15, 0.2) is 0 Å². The number of rotatable bonds is 2. The molecule has 1 aliphatic heterocycles. The van der Waals surface area contributed by atoms with E-state index in [1.165, 1.54) is 30.4 Å². The fourth-order valence-electron chi connectivity index (χ4n) is 2.20. The van der Waals surface area contributed by atoms with Gasteiger partial charge in [-0.3, -0.25) is 19.4 Å². The predicted molar refractivity (Wildman–Crippen MR) is 83.7 cm³/mol. The van der Waals surface area contributed by atoms with Crippen LogP contribution in [0, 0.1) is 11.2 Å². The third-order valence-electron chi connectivity index (χ3n) is 3.43. The van der Waals surface area contributed by atoms with E-state index in [1.54, 1.807) is 26.8 Å². The first-order valence-electron chi connectivity index (χ1n) is 7.31. The molecule has 23 heavy (non-hydrogen) atoms. The molecule has 1 aliphatic rings. The summed E-state index contributed by atoms with van der Waals surface area (Å²) in [5, 5.41) is 0. The molecule has 1 aromatic rings. The molecule has 0 bridgehead atoms. The summed E-state index contributed by atoms with van der Waals surface area (Å²) in [5.41, 5.74) is -0.167. The van der Waals surface area contributed by atoms with Crippen molar-refractivity contribution in [2.45, 2.75) is 20.8 Å². The second-order valence-electron chi connectivity index (χ2n) is 6.37. The first-order valence-corrected chi connectivity index (χ1v) is 7.31. The molecule has 0 aromatic heterocycles. The Morgan fingerprint density at radius 3 is 2.43 bits per heavy atom. The van der Waals surface area contributed by atoms with Gasteiger partial charge in [0.25, 0.3) is 5.91 Å². The van der Waals surface area contributed by atoms with Crippen LogP contribution in [0.15, 0.2) is 30.3 Å². The number of carbonyl (C=O) groups excluding carboxylic acids is 3. The molecule has 1 aromatic carbocycles. The lowest BCUT2D eigenvalue weighted by atomic mass is 9.95. The number of carbonyl (C=O) groups is 3. The number of hydrogen-bond donors (Lipinski definition) is 0. The van der Waals surface area contributed by atoms with Crippen LogP contribution >= 0.6 is 0 Å². The third-order valence-corrected chi connectivity index (χ3v) is 3.43. The van der Waals surface area contributed by atoms with Crippen LogP contribution in [0.3, 0.4) is 0 Å². The van der Waals surface area contributed by atoms with Gasteiger partial charge < -0.3 is 0 Å². The van der Waals surface area contributed by atoms with Gasteiger partial charge >= 0.3 is 6.03 Å². The highest BCUT2D eigenvalue weighted by atomic mass is 19.1. The minimum atomic E-state index is -0.688. The van der Waals surface area contributed by atoms with Gasteiger partial charge in [0.1, 0.15) is 5.82 Å². The van der Waals surface area contributed by atoms with Crippen molar-refractivity contribution in [1.82, 2.24) is 9.80 Å². The zero-order valence-electron chi connectivity index (χ0n) is 13.4. The number of urea groups is 1. The molecule has 1 fully saturated rings. The molecule has 0 N–H and O–H groups in total. The van der Waals surface area contributed by atoms with Crippen molar-refractivity contribution in [2.75, 3.05) is 13.1 Å². The Hall–Kier alpha value is -2.50. The van der Waals surface area contributed by atoms with Crippen molar-refractivity contribution in [2.24, 2.45) is 5.41 Å². The maximum absolute atomic E-state index is 13.1. The summed E-state index contributed by atoms with van der Waals surface area (Å²) in [4.78, 5) is 38.6. The van der Waals surface area contributed by atoms with E-state index in [4.69, 9.17) is 0 Å². The van der Waals surface area contributed by atoms with Gasteiger partial charge in [-0.2, -0.15) is 0 Å². The lowest BCUT2D eigenvalue weighted by molar-refractivity contribution is -0.135. The van der Waals surface area contributed by atoms with Crippen LogP contribution in [-0.4, -0.2) is 40.7 Å². The molecule has 4 amide bonds. The van der Waals surface area contributed by atoms with E-state index in [2.05, 4.69) is 0 Å². The molecule has 6 heteroatoms. The van der Waals surface area contributed by atoms with Crippen LogP contribution in [0.4, 0.5) is 9.18 Å². The molecule has 1 saturated heterocycles. The van der Waals surface area contributed by atoms with Crippen LogP contribution in [0.25, 0.3) is 6.08 Å². The minimum Gasteiger partial charge on any atom is -0.274 e. The highest BCUT2D eigenvalue weighted by Gasteiger charge is 2.39. The summed E-state index contributed by atoms with van der Waals surface area (Å²) in [7, 11) is 0. The van der Waals surface area contributed by atoms with E-state index >= 15 is 0 Å². The lowest BCUT2D eigenvalue weighted by Crippen LogP contribution is -2.43. The highest BCUT2D eigenvalue weighted by molar-refractivity contribution is 6.08. The molecule has 0 radical (unpaired) electrons. The maximum Gasteiger partial charge on any atom is 0.333 e. The van der Waals surface area contributed by atoms with E-state index in [0.717, 1.165) is 9.80 Å². The number of nitrogens with zero attached hydrogens (tertiary/aromatic N) is 2. The van der Waals surface area contributed by atoms with Crippen molar-refractivity contribution >= 4 is 23.9 Å². The molecule has 1 heterocycles. The quantitative estimate of drug-likeness (QED) is 0.788. The van der Waals surface area contributed by atoms with Crippen LogP contribution in [-0.2, 0) is 9.59 Å². The molecule has 2 rings (SSSR count). The van der Waals surface area contributed by atoms with Gasteiger partial charge in [0, 0.05) is 24.6 Å². The first kappa shape index (κ1) is 16.9. The Balaban J connectivity index is 2.07. The highest BCUT2D eigenvalue weighted by Crippen LogP contribution is 2.21. The first-order chi connectivity index (χ1) is 10.7. The molecule has 0 unspecified atom stereocenters. The summed E-state index contributed by atoms with van der Waals surface area (Å²) >= 11 is 0. The van der Waals surface area contributed by atoms with Gasteiger partial charge in [0.05, 0.1) is 0 Å². The number of imide groups is 2. The van der Waals surface area contributed by atoms with Crippen LogP contribution in [0.5, 0.6) is 0 Å². The average molecular weight is 318 g/mol. The van der Waals surface area contributed by atoms with Gasteiger partial charge in [-0.25, -0.2) is 9.18 Å². The van der Waals surface area contributed by atoms with Crippen molar-refractivity contribution in [3.63, 3.8) is 0 Å². The van der Waals surface area contributed by atoms with E-state index < -0.39 is 23.2 Å². The van der Waals surface area contributed by atoms with Gasteiger partial charge in [-0.05, 0) is 23.8 Å². The zero-order chi connectivity index (χ0) is 17.2. The molecule has 0 saturated carbocycles. The fraction of sp³-hybridized carbons (Fsp3) is 0.353. The molecule has 5 nitrogen and oxygen atoms in total. The Bertz CT molecular complexity index is 677. The van der Waals surface area contributed by atoms with Crippen LogP contribution in [0.1, 0.15) is 26.3 Å². The topological polar surface area (TPSA) is 57.7 Å². The Labute approximate surface area is 134 Å². The largest absolute Gasteiger partial charge is 0.333 e. The number of hydrogen-bond acceptors (Lipinski definition) is 3. The minimum absolute atomic E-state index is 0.160. The predicted octanol–water partition coefficient (Wildman–Crippen LogP) is 2.68. The number of halogens is 1. The zero-order valence-corrected chi connectivity index (χ0v) is 13.4. The van der Waals surface area contributed by atoms with Crippen LogP contribution in [0.2, 0.25) is 0 Å². The fourth-order valence-corrected chi connectivity index (χ4v) is 2.20. The SMILES string of the molecule is CC(C)(C)C(=O)N1CCN(C(=O)/C=C/c2cccc(F)c2)C1=O. The molecule has 0 aliphatic carbocycles. The van der Waals surface area contributed by atoms with E-state index in [0.29, 0.717) is 5.56 Å². The summed E-state index contributed by atoms with van der Waals surface area (Å²) in [6, 6.07) is 5.15. The van der Waals surface area contributed by atoms with Crippen molar-refractivity contribution < 1.29 is 18.8 Å². The van der Waals surface area contributed by atoms with Crippen molar-refractivity contribution in [3.8, 4) is 0 Å². The molecule has 122 valence electrons. The van der Waals surface area contributed by atoms with E-state index in [-0.39, 0.29) is 19.0 Å². The van der Waals surface area contributed by atoms with Gasteiger partial charge in [-0.15, -0.1) is 0 Å². The molecular formula is C17H19FN2O3. The van der Waals surface area contributed by atoms with Crippen LogP contribution < -0.4 is 0 Å². The molecular weight excluding hydrogens is 299 g/mol. The summed E-state index contributed by atoms with van der Waals surface area (Å²) in [6.45, 7) is 5.51. The summed E-state index contributed by atoms with van der Waals surface area (Å²) in [5.74, 6) is -1.24. The second kappa shape index (κ2) is 6.32. The third kappa shape index (κ3) is 3.83. The second-order valence-corrected chi connectivity index (χ2v) is 6.37. The number of benzene rings is 1. The van der Waals surface area contributed by atoms with Gasteiger partial charge in [-0.1, -0.05) is 32.9 Å². The van der Waals surface area contributed by atoms with Crippen molar-refractivity contribution in [3.05, 3.63) is 41.7 Å². The monoisotopic (exact) mass is 318 g/mol. The number of amides is 4. The Morgan fingerprint density at radius 2 is 1.83 bits per heavy atom. The van der Waals surface area contributed by atoms with E-state index in [9.17, 15) is 18.8 Å². The smallest absolute Gasteiger partial charge is 0.274 e. The van der Waals surface area contributed by atoms with E-state index in [1.807, 2.05) is 0 Å². The Morgan fingerprint density at radius 1 is 1.17 bits per heavy atom. The Kier molecular flexibility index (Phi) is 4.63. The van der Waals surface area contributed by atoms with Gasteiger partial charge in [0.2, 0.25) is 5.91 Å². The molecule has 0 atom stereocenters. The maximum atomic E-state index is 13.1. The van der Waals surface area contributed by atoms with Crippen molar-refractivity contribution in [1.29, 1.82) is 0 Å². The standard InChI is InChI=1S/C17H19FN2O3/c1-17(2,3)15(22)20-10-9-19(16(20)23)14(21)8-7-12-5-4-6-13(18)11-12/h4-8,11H,9-10H2,1-3H3/b8-7+. The average Bonchev–Trinajstić information content (AvgIpc) is 2.84. The normalized spacial score (nSPS) is 15.6. The molecule has 0 spiro atoms. The summed E-state index contributed by atoms with van der Waals surface area (Å²) < 4.78 is 13.1. The lowest BCUT2D eigenvalue weighted by Gasteiger charge is -2.23.